The maximum atomic E-state index is 13.1. The number of aromatic nitrogens is 2. The summed E-state index contributed by atoms with van der Waals surface area (Å²) in [4.78, 5) is 77.6. The third-order valence-electron chi connectivity index (χ3n) is 12.4. The van der Waals surface area contributed by atoms with E-state index in [2.05, 4.69) is 8.75 Å². The number of fused-ring (bicyclic) bond motifs is 4. The van der Waals surface area contributed by atoms with E-state index >= 15 is 0 Å². The maximum Gasteiger partial charge on any atom is 0.355 e. The van der Waals surface area contributed by atoms with Crippen molar-refractivity contribution < 1.29 is 33.9 Å². The van der Waals surface area contributed by atoms with Crippen molar-refractivity contribution >= 4 is 81.0 Å². The first kappa shape index (κ1) is 41.4. The lowest BCUT2D eigenvalue weighted by Crippen LogP contribution is -2.49. The van der Waals surface area contributed by atoms with Crippen molar-refractivity contribution in [3.63, 3.8) is 0 Å². The highest BCUT2D eigenvalue weighted by Crippen LogP contribution is 2.40. The van der Waals surface area contributed by atoms with Gasteiger partial charge in [0.2, 0.25) is 0 Å². The highest BCUT2D eigenvalue weighted by molar-refractivity contribution is 7.11. The Morgan fingerprint density at radius 3 is 1.36 bits per heavy atom. The minimum Gasteiger partial charge on any atom is -0.476 e. The van der Waals surface area contributed by atoms with Gasteiger partial charge in [-0.1, -0.05) is 88.5 Å². The molecule has 2 atom stereocenters. The van der Waals surface area contributed by atoms with Crippen molar-refractivity contribution in [2.75, 3.05) is 16.3 Å². The summed E-state index contributed by atoms with van der Waals surface area (Å²) < 4.78 is 8.00. The van der Waals surface area contributed by atoms with Crippen molar-refractivity contribution in [3.05, 3.63) is 94.3 Å². The number of anilines is 2. The molecule has 0 unspecified atom stereocenters. The topological polar surface area (TPSA) is 158 Å². The predicted octanol–water partition coefficient (Wildman–Crippen LogP) is 9.17. The van der Waals surface area contributed by atoms with Crippen LogP contribution >= 0.6 is 35.5 Å². The normalized spacial score (nSPS) is 23.3. The van der Waals surface area contributed by atoms with Crippen LogP contribution in [0.25, 0.3) is 0 Å². The lowest BCUT2D eigenvalue weighted by Gasteiger charge is -2.43. The Balaban J connectivity index is 0.000000147. The molecule has 3 saturated carbocycles. The monoisotopic (exact) mass is 843 g/mol. The number of aromatic carboxylic acids is 1. The van der Waals surface area contributed by atoms with Crippen LogP contribution in [-0.2, 0) is 0 Å². The Morgan fingerprint density at radius 2 is 0.931 bits per heavy atom. The van der Waals surface area contributed by atoms with Gasteiger partial charge in [0, 0.05) is 24.7 Å². The highest BCUT2D eigenvalue weighted by atomic mass is 35.5. The van der Waals surface area contributed by atoms with Crippen molar-refractivity contribution in [2.24, 2.45) is 17.8 Å². The van der Waals surface area contributed by atoms with E-state index in [1.807, 2.05) is 4.90 Å². The molecule has 304 valence electrons. The molecule has 6 aliphatic rings. The molecule has 0 spiro atoms. The second-order valence-electron chi connectivity index (χ2n) is 15.7. The molecule has 1 saturated heterocycles. The van der Waals surface area contributed by atoms with Crippen LogP contribution in [0.2, 0.25) is 0 Å². The molecule has 2 aromatic heterocycles. The number of carbonyl (C=O) groups is 6. The average molecular weight is 844 g/mol. The summed E-state index contributed by atoms with van der Waals surface area (Å²) in [5, 5.41) is 9.42. The third kappa shape index (κ3) is 8.10. The fourth-order valence-corrected chi connectivity index (χ4v) is 11.1. The summed E-state index contributed by atoms with van der Waals surface area (Å²) in [6.07, 6.45) is 19.3. The zero-order valence-corrected chi connectivity index (χ0v) is 34.5. The molecule has 3 aliphatic carbocycles. The molecule has 4 fully saturated rings. The lowest BCUT2D eigenvalue weighted by molar-refractivity contribution is 0.0386. The van der Waals surface area contributed by atoms with Gasteiger partial charge in [0.15, 0.2) is 5.69 Å². The molecular formula is C43H46ClN5O7S2. The molecule has 5 heterocycles. The fraction of sp³-hybridized carbons (Fsp3) is 0.442. The number of rotatable bonds is 4. The number of carboxylic acids is 1. The Hall–Kier alpha value is -4.79. The SMILES string of the molecule is C1CCC2CCCCC2C1.Cl.O=C(O)c1cc(N2C(=O)c3ccccc3C2=O)sn1.O=C1c2ccccc2C(=O)N1c1cc(C(=O)N2CCC[C@@H]3CCCC[C@@H]32)ns1. The lowest BCUT2D eigenvalue weighted by atomic mass is 9.71. The van der Waals surface area contributed by atoms with Gasteiger partial charge in [-0.3, -0.25) is 24.0 Å². The molecule has 1 N–H and O–H groups in total. The van der Waals surface area contributed by atoms with Crippen LogP contribution < -0.4 is 9.80 Å². The van der Waals surface area contributed by atoms with Gasteiger partial charge in [0.1, 0.15) is 15.7 Å². The third-order valence-corrected chi connectivity index (χ3v) is 14.0. The van der Waals surface area contributed by atoms with Crippen LogP contribution in [-0.4, -0.2) is 66.8 Å². The molecule has 15 heteroatoms. The van der Waals surface area contributed by atoms with E-state index in [0.717, 1.165) is 64.1 Å². The quantitative estimate of drug-likeness (QED) is 0.198. The standard InChI is InChI=1S/C21H21N3O3S.C12H6N2O4S.C10H18.ClH/c25-19-14-8-2-3-9-15(14)20(26)24(19)18-12-16(22-28-18)21(27)23-11-5-7-13-6-1-4-10-17(13)23;15-10-6-3-1-2-4-7(6)11(16)14(10)9-5-8(12(17)18)13-19-9;1-2-6-10-8-4-3-7-9(10)5-1;/h2-3,8-9,12-13,17H,1,4-7,10-11H2;1-5H,(H,17,18);9-10H,1-8H2;1H/t13-,17-;;;/m0.../s1. The molecule has 10 rings (SSSR count). The van der Waals surface area contributed by atoms with E-state index in [0.29, 0.717) is 44.9 Å². The summed E-state index contributed by atoms with van der Waals surface area (Å²) in [6, 6.07) is 16.4. The second-order valence-corrected chi connectivity index (χ2v) is 17.3. The molecule has 12 nitrogen and oxygen atoms in total. The van der Waals surface area contributed by atoms with Gasteiger partial charge in [0.25, 0.3) is 29.5 Å². The fourth-order valence-electron chi connectivity index (χ4n) is 9.60. The number of likely N-dealkylation sites (tertiary alicyclic amines) is 1. The first-order chi connectivity index (χ1) is 27.7. The van der Waals surface area contributed by atoms with E-state index < -0.39 is 17.8 Å². The van der Waals surface area contributed by atoms with Crippen LogP contribution in [0.4, 0.5) is 10.0 Å². The van der Waals surface area contributed by atoms with Gasteiger partial charge in [-0.05, 0) is 90.8 Å². The summed E-state index contributed by atoms with van der Waals surface area (Å²) in [6.45, 7) is 0.764. The molecule has 0 bridgehead atoms. The van der Waals surface area contributed by atoms with Gasteiger partial charge in [0.05, 0.1) is 22.3 Å². The molecule has 3 aliphatic heterocycles. The number of benzene rings is 2. The van der Waals surface area contributed by atoms with Crippen LogP contribution in [0, 0.1) is 17.8 Å². The van der Waals surface area contributed by atoms with Crippen molar-refractivity contribution in [3.8, 4) is 0 Å². The van der Waals surface area contributed by atoms with E-state index in [1.54, 1.807) is 80.3 Å². The predicted molar refractivity (Wildman–Crippen MR) is 224 cm³/mol. The van der Waals surface area contributed by atoms with E-state index in [-0.39, 0.29) is 40.8 Å². The summed E-state index contributed by atoms with van der Waals surface area (Å²) >= 11 is 1.84. The Labute approximate surface area is 351 Å². The van der Waals surface area contributed by atoms with E-state index in [9.17, 15) is 28.8 Å². The van der Waals surface area contributed by atoms with Crippen molar-refractivity contribution in [1.29, 1.82) is 0 Å². The number of hydrogen-bond donors (Lipinski definition) is 1. The van der Waals surface area contributed by atoms with Crippen LogP contribution in [0.3, 0.4) is 0 Å². The van der Waals surface area contributed by atoms with Crippen LogP contribution in [0.15, 0.2) is 60.7 Å². The number of amides is 5. The molecule has 4 aromatic rings. The second kappa shape index (κ2) is 18.0. The number of imide groups is 2. The highest BCUT2D eigenvalue weighted by Gasteiger charge is 2.41. The minimum absolute atomic E-state index is 0. The number of hydrogen-bond acceptors (Lipinski definition) is 10. The first-order valence-corrected chi connectivity index (χ1v) is 21.7. The van der Waals surface area contributed by atoms with Crippen LogP contribution in [0.5, 0.6) is 0 Å². The van der Waals surface area contributed by atoms with E-state index in [4.69, 9.17) is 5.11 Å². The van der Waals surface area contributed by atoms with Crippen LogP contribution in [0.1, 0.15) is 152 Å². The Morgan fingerprint density at radius 1 is 0.552 bits per heavy atom. The molecule has 0 radical (unpaired) electrons. The van der Waals surface area contributed by atoms with Gasteiger partial charge < -0.3 is 10.0 Å². The number of carboxylic acid groups (broad SMARTS) is 1. The van der Waals surface area contributed by atoms with Crippen molar-refractivity contribution in [1.82, 2.24) is 13.6 Å². The largest absolute Gasteiger partial charge is 0.476 e. The number of nitrogens with zero attached hydrogens (tertiary/aromatic N) is 5. The van der Waals surface area contributed by atoms with Crippen molar-refractivity contribution in [2.45, 2.75) is 95.9 Å². The van der Waals surface area contributed by atoms with Gasteiger partial charge in [-0.2, -0.15) is 8.75 Å². The zero-order chi connectivity index (χ0) is 39.6. The molecule has 5 amide bonds. The summed E-state index contributed by atoms with van der Waals surface area (Å²) in [5.74, 6) is 0.0186. The molecule has 58 heavy (non-hydrogen) atoms. The van der Waals surface area contributed by atoms with E-state index in [1.165, 1.54) is 57.4 Å². The van der Waals surface area contributed by atoms with Gasteiger partial charge in [-0.25, -0.2) is 14.6 Å². The smallest absolute Gasteiger partial charge is 0.355 e. The van der Waals surface area contributed by atoms with Gasteiger partial charge >= 0.3 is 5.97 Å². The molecular weight excluding hydrogens is 798 g/mol. The first-order valence-electron chi connectivity index (χ1n) is 20.1. The maximum absolute atomic E-state index is 13.1. The summed E-state index contributed by atoms with van der Waals surface area (Å²) in [7, 11) is 0. The molecule has 2 aromatic carbocycles. The zero-order valence-electron chi connectivity index (χ0n) is 32.0. The Bertz CT molecular complexity index is 2120. The van der Waals surface area contributed by atoms with Gasteiger partial charge in [-0.15, -0.1) is 12.4 Å². The number of carbonyl (C=O) groups excluding carboxylic acids is 5. The number of piperidine rings is 1. The minimum atomic E-state index is -1.20. The average Bonchev–Trinajstić information content (AvgIpc) is 4.04. The Kier molecular flexibility index (Phi) is 12.8. The number of halogens is 1. The summed E-state index contributed by atoms with van der Waals surface area (Å²) in [5.41, 5.74) is 1.58.